The average molecular weight is 364 g/mol. The van der Waals surface area contributed by atoms with E-state index in [1.54, 1.807) is 4.90 Å². The Morgan fingerprint density at radius 2 is 1.58 bits per heavy atom. The molecule has 3 fully saturated rings. The Balaban J connectivity index is 1.49. The molecule has 1 saturated heterocycles. The number of rotatable bonds is 4. The van der Waals surface area contributed by atoms with Crippen LogP contribution in [0.5, 0.6) is 0 Å². The number of hydrogen-bond acceptors (Lipinski definition) is 3. The van der Waals surface area contributed by atoms with Crippen LogP contribution in [0, 0.1) is 17.8 Å². The van der Waals surface area contributed by atoms with Crippen molar-refractivity contribution in [2.24, 2.45) is 17.8 Å². The Hall–Kier alpha value is -1.59. The molecular formula is C20H32N2O4. The van der Waals surface area contributed by atoms with E-state index in [9.17, 15) is 19.5 Å². The van der Waals surface area contributed by atoms with E-state index in [1.165, 1.54) is 0 Å². The highest BCUT2D eigenvalue weighted by Crippen LogP contribution is 2.31. The maximum absolute atomic E-state index is 12.9. The summed E-state index contributed by atoms with van der Waals surface area (Å²) in [4.78, 5) is 38.3. The Bertz CT molecular complexity index is 536. The molecule has 0 radical (unpaired) electrons. The lowest BCUT2D eigenvalue weighted by Crippen LogP contribution is -2.52. The van der Waals surface area contributed by atoms with Gasteiger partial charge in [-0.25, -0.2) is 4.79 Å². The highest BCUT2D eigenvalue weighted by Gasteiger charge is 2.38. The first kappa shape index (κ1) is 19.2. The first-order valence-electron chi connectivity index (χ1n) is 10.3. The van der Waals surface area contributed by atoms with Crippen molar-refractivity contribution >= 4 is 17.8 Å². The van der Waals surface area contributed by atoms with Crippen molar-refractivity contribution in [3.05, 3.63) is 0 Å². The van der Waals surface area contributed by atoms with Gasteiger partial charge in [0, 0.05) is 24.4 Å². The van der Waals surface area contributed by atoms with E-state index in [-0.39, 0.29) is 29.7 Å². The van der Waals surface area contributed by atoms with Gasteiger partial charge in [-0.3, -0.25) is 9.59 Å². The molecule has 2 amide bonds. The molecule has 2 unspecified atom stereocenters. The largest absolute Gasteiger partial charge is 0.480 e. The van der Waals surface area contributed by atoms with Gasteiger partial charge in [0.25, 0.3) is 0 Å². The predicted octanol–water partition coefficient (Wildman–Crippen LogP) is 2.56. The zero-order valence-corrected chi connectivity index (χ0v) is 15.8. The van der Waals surface area contributed by atoms with Crippen LogP contribution in [-0.2, 0) is 14.4 Å². The normalized spacial score (nSPS) is 33.0. The summed E-state index contributed by atoms with van der Waals surface area (Å²) in [6.45, 7) is 2.60. The Morgan fingerprint density at radius 1 is 0.923 bits per heavy atom. The Morgan fingerprint density at radius 3 is 2.19 bits per heavy atom. The topological polar surface area (TPSA) is 86.7 Å². The summed E-state index contributed by atoms with van der Waals surface area (Å²) >= 11 is 0. The lowest BCUT2D eigenvalue weighted by molar-refractivity contribution is -0.155. The van der Waals surface area contributed by atoms with E-state index in [2.05, 4.69) is 12.2 Å². The number of piperidine rings is 1. The molecule has 2 aliphatic carbocycles. The standard InChI is InChI=1S/C20H32N2O4/c1-13-10-11-22(17(12-13)20(25)26)19(24)15-6-8-16(9-7-15)21-18(23)14-4-2-3-5-14/h13-17H,2-12H2,1H3,(H,21,23)(H,25,26). The molecule has 0 aromatic rings. The third kappa shape index (κ3) is 4.38. The molecular weight excluding hydrogens is 332 g/mol. The predicted molar refractivity (Wildman–Crippen MR) is 97.4 cm³/mol. The van der Waals surface area contributed by atoms with Gasteiger partial charge in [0.05, 0.1) is 0 Å². The lowest BCUT2D eigenvalue weighted by atomic mass is 9.83. The fourth-order valence-corrected chi connectivity index (χ4v) is 4.87. The summed E-state index contributed by atoms with van der Waals surface area (Å²) in [5, 5.41) is 12.7. The average Bonchev–Trinajstić information content (AvgIpc) is 3.16. The van der Waals surface area contributed by atoms with Gasteiger partial charge in [-0.1, -0.05) is 19.8 Å². The summed E-state index contributed by atoms with van der Waals surface area (Å²) < 4.78 is 0. The third-order valence-corrected chi connectivity index (χ3v) is 6.58. The maximum Gasteiger partial charge on any atom is 0.326 e. The fraction of sp³-hybridized carbons (Fsp3) is 0.850. The van der Waals surface area contributed by atoms with Crippen molar-refractivity contribution in [3.8, 4) is 0 Å². The van der Waals surface area contributed by atoms with Crippen molar-refractivity contribution in [2.75, 3.05) is 6.54 Å². The smallest absolute Gasteiger partial charge is 0.326 e. The lowest BCUT2D eigenvalue weighted by Gasteiger charge is -2.39. The third-order valence-electron chi connectivity index (χ3n) is 6.58. The van der Waals surface area contributed by atoms with Gasteiger partial charge in [0.2, 0.25) is 11.8 Å². The van der Waals surface area contributed by atoms with Crippen LogP contribution >= 0.6 is 0 Å². The van der Waals surface area contributed by atoms with Gasteiger partial charge in [-0.2, -0.15) is 0 Å². The molecule has 26 heavy (non-hydrogen) atoms. The molecule has 1 heterocycles. The van der Waals surface area contributed by atoms with E-state index in [0.29, 0.717) is 18.9 Å². The highest BCUT2D eigenvalue weighted by atomic mass is 16.4. The van der Waals surface area contributed by atoms with Gasteiger partial charge in [-0.15, -0.1) is 0 Å². The van der Waals surface area contributed by atoms with Crippen LogP contribution in [-0.4, -0.2) is 46.4 Å². The van der Waals surface area contributed by atoms with Crippen molar-refractivity contribution in [1.82, 2.24) is 10.2 Å². The van der Waals surface area contributed by atoms with E-state index in [4.69, 9.17) is 0 Å². The van der Waals surface area contributed by atoms with Crippen LogP contribution < -0.4 is 5.32 Å². The minimum atomic E-state index is -0.887. The Kier molecular flexibility index (Phi) is 6.20. The number of amides is 2. The minimum absolute atomic E-state index is 0.00451. The zero-order valence-electron chi connectivity index (χ0n) is 15.8. The zero-order chi connectivity index (χ0) is 18.7. The number of carbonyl (C=O) groups excluding carboxylic acids is 2. The quantitative estimate of drug-likeness (QED) is 0.803. The number of hydrogen-bond donors (Lipinski definition) is 2. The van der Waals surface area contributed by atoms with Crippen molar-refractivity contribution in [3.63, 3.8) is 0 Å². The van der Waals surface area contributed by atoms with Crippen molar-refractivity contribution in [1.29, 1.82) is 0 Å². The minimum Gasteiger partial charge on any atom is -0.480 e. The van der Waals surface area contributed by atoms with Crippen LogP contribution in [0.25, 0.3) is 0 Å². The second kappa shape index (κ2) is 8.40. The molecule has 0 aromatic heterocycles. The van der Waals surface area contributed by atoms with Gasteiger partial charge < -0.3 is 15.3 Å². The Labute approximate surface area is 155 Å². The molecule has 3 rings (SSSR count). The van der Waals surface area contributed by atoms with Crippen molar-refractivity contribution in [2.45, 2.75) is 83.2 Å². The molecule has 6 heteroatoms. The number of aliphatic carboxylic acids is 1. The molecule has 6 nitrogen and oxygen atoms in total. The van der Waals surface area contributed by atoms with E-state index < -0.39 is 12.0 Å². The van der Waals surface area contributed by atoms with Gasteiger partial charge in [0.1, 0.15) is 6.04 Å². The van der Waals surface area contributed by atoms with Crippen LogP contribution in [0.3, 0.4) is 0 Å². The van der Waals surface area contributed by atoms with Crippen LogP contribution in [0.15, 0.2) is 0 Å². The first-order chi connectivity index (χ1) is 12.5. The summed E-state index contributed by atoms with van der Waals surface area (Å²) in [6, 6.07) is -0.505. The molecule has 2 N–H and O–H groups in total. The molecule has 0 spiro atoms. The second-order valence-electron chi connectivity index (χ2n) is 8.55. The number of nitrogens with zero attached hydrogens (tertiary/aromatic N) is 1. The fourth-order valence-electron chi connectivity index (χ4n) is 4.87. The monoisotopic (exact) mass is 364 g/mol. The maximum atomic E-state index is 12.9. The molecule has 1 aliphatic heterocycles. The summed E-state index contributed by atoms with van der Waals surface area (Å²) in [7, 11) is 0. The summed E-state index contributed by atoms with van der Waals surface area (Å²) in [6.07, 6.45) is 8.86. The van der Waals surface area contributed by atoms with Gasteiger partial charge in [-0.05, 0) is 57.3 Å². The number of nitrogens with one attached hydrogen (secondary N) is 1. The van der Waals surface area contributed by atoms with Gasteiger partial charge in [0.15, 0.2) is 0 Å². The number of likely N-dealkylation sites (tertiary alicyclic amines) is 1. The summed E-state index contributed by atoms with van der Waals surface area (Å²) in [5.41, 5.74) is 0. The van der Waals surface area contributed by atoms with E-state index in [0.717, 1.165) is 57.8 Å². The van der Waals surface area contributed by atoms with Crippen molar-refractivity contribution < 1.29 is 19.5 Å². The first-order valence-corrected chi connectivity index (χ1v) is 10.3. The molecule has 2 atom stereocenters. The molecule has 0 aromatic carbocycles. The molecule has 146 valence electrons. The van der Waals surface area contributed by atoms with Crippen LogP contribution in [0.1, 0.15) is 71.1 Å². The van der Waals surface area contributed by atoms with Crippen LogP contribution in [0.2, 0.25) is 0 Å². The number of carboxylic acids is 1. The van der Waals surface area contributed by atoms with E-state index >= 15 is 0 Å². The number of carboxylic acid groups (broad SMARTS) is 1. The molecule has 2 saturated carbocycles. The van der Waals surface area contributed by atoms with Gasteiger partial charge >= 0.3 is 5.97 Å². The molecule has 3 aliphatic rings. The van der Waals surface area contributed by atoms with E-state index in [1.807, 2.05) is 0 Å². The summed E-state index contributed by atoms with van der Waals surface area (Å²) in [5.74, 6) is -0.256. The SMILES string of the molecule is CC1CCN(C(=O)C2CCC(NC(=O)C3CCCC3)CC2)C(C(=O)O)C1. The van der Waals surface area contributed by atoms with Crippen LogP contribution in [0.4, 0.5) is 0 Å². The second-order valence-corrected chi connectivity index (χ2v) is 8.55. The molecule has 0 bridgehead atoms. The number of carbonyl (C=O) groups is 3. The highest BCUT2D eigenvalue weighted by molar-refractivity contribution is 5.85.